The quantitative estimate of drug-likeness (QED) is 0.386. The van der Waals surface area contributed by atoms with Gasteiger partial charge in [-0.15, -0.1) is 0 Å². The molecule has 20 heavy (non-hydrogen) atoms. The highest BCUT2D eigenvalue weighted by atomic mass is 16.5. The van der Waals surface area contributed by atoms with Crippen LogP contribution in [0.5, 0.6) is 0 Å². The zero-order valence-electron chi connectivity index (χ0n) is 10.4. The Morgan fingerprint density at radius 1 is 1.45 bits per heavy atom. The fourth-order valence-electron chi connectivity index (χ4n) is 1.64. The van der Waals surface area contributed by atoms with Crippen molar-refractivity contribution in [3.63, 3.8) is 0 Å². The highest BCUT2D eigenvalue weighted by Gasteiger charge is 2.19. The molecule has 10 nitrogen and oxygen atoms in total. The van der Waals surface area contributed by atoms with Gasteiger partial charge in [0.2, 0.25) is 5.95 Å². The van der Waals surface area contributed by atoms with E-state index in [2.05, 4.69) is 15.0 Å². The first kappa shape index (κ1) is 14.4. The van der Waals surface area contributed by atoms with E-state index in [9.17, 15) is 9.90 Å². The summed E-state index contributed by atoms with van der Waals surface area (Å²) in [5.74, 6) is -0.0571. The highest BCUT2D eigenvalue weighted by Crippen LogP contribution is 2.08. The molecule has 0 fully saturated rings. The van der Waals surface area contributed by atoms with Gasteiger partial charge in [-0.1, -0.05) is 0 Å². The topological polar surface area (TPSA) is 160 Å². The number of nitrogens with zero attached hydrogens (tertiary/aromatic N) is 3. The van der Waals surface area contributed by atoms with E-state index < -0.39 is 31.0 Å². The summed E-state index contributed by atoms with van der Waals surface area (Å²) in [7, 11) is 0. The fraction of sp³-hybridized carbons (Fsp3) is 0.500. The maximum absolute atomic E-state index is 11.6. The van der Waals surface area contributed by atoms with Gasteiger partial charge >= 0.3 is 0 Å². The van der Waals surface area contributed by atoms with Gasteiger partial charge in [-0.3, -0.25) is 14.3 Å². The molecule has 0 aromatic carbocycles. The average Bonchev–Trinajstić information content (AvgIpc) is 2.82. The lowest BCUT2D eigenvalue weighted by atomic mass is 10.2. The summed E-state index contributed by atoms with van der Waals surface area (Å²) < 4.78 is 6.64. The van der Waals surface area contributed by atoms with Crippen molar-refractivity contribution in [2.75, 3.05) is 18.9 Å². The SMILES string of the molecule is Nc1nc2c(ncn2COC(CO)C(O)CO)c(=O)[nH]1. The molecule has 2 aromatic heterocycles. The highest BCUT2D eigenvalue weighted by molar-refractivity contribution is 5.70. The number of H-pyrrole nitrogens is 1. The van der Waals surface area contributed by atoms with Crippen LogP contribution in [0.1, 0.15) is 0 Å². The maximum atomic E-state index is 11.6. The summed E-state index contributed by atoms with van der Waals surface area (Å²) in [6.07, 6.45) is -0.848. The second-order valence-corrected chi connectivity index (χ2v) is 4.10. The van der Waals surface area contributed by atoms with Crippen molar-refractivity contribution < 1.29 is 20.1 Å². The second-order valence-electron chi connectivity index (χ2n) is 4.10. The van der Waals surface area contributed by atoms with E-state index in [-0.39, 0.29) is 23.8 Å². The molecule has 2 aromatic rings. The van der Waals surface area contributed by atoms with E-state index in [1.54, 1.807) is 0 Å². The Bertz CT molecular complexity index is 638. The van der Waals surface area contributed by atoms with Crippen molar-refractivity contribution in [1.82, 2.24) is 19.5 Å². The Balaban J connectivity index is 2.20. The summed E-state index contributed by atoms with van der Waals surface area (Å²) in [4.78, 5) is 21.7. The van der Waals surface area contributed by atoms with Crippen molar-refractivity contribution in [1.29, 1.82) is 0 Å². The average molecular weight is 285 g/mol. The second kappa shape index (κ2) is 5.96. The molecule has 0 bridgehead atoms. The lowest BCUT2D eigenvalue weighted by Gasteiger charge is -2.19. The minimum atomic E-state index is -1.21. The molecule has 2 heterocycles. The Morgan fingerprint density at radius 2 is 2.20 bits per heavy atom. The predicted octanol–water partition coefficient (Wildman–Crippen LogP) is -2.61. The van der Waals surface area contributed by atoms with Crippen LogP contribution in [0.15, 0.2) is 11.1 Å². The minimum absolute atomic E-state index is 0.0571. The molecular weight excluding hydrogens is 270 g/mol. The molecule has 0 radical (unpaired) electrons. The predicted molar refractivity (Wildman–Crippen MR) is 67.6 cm³/mol. The number of nitrogen functional groups attached to an aromatic ring is 1. The van der Waals surface area contributed by atoms with Crippen LogP contribution in [0, 0.1) is 0 Å². The molecule has 0 spiro atoms. The summed E-state index contributed by atoms with van der Waals surface area (Å²) in [5.41, 5.74) is 5.30. The van der Waals surface area contributed by atoms with Crippen LogP contribution in [0.4, 0.5) is 5.95 Å². The Hall–Kier alpha value is -2.01. The number of ether oxygens (including phenoxy) is 1. The van der Waals surface area contributed by atoms with Crippen molar-refractivity contribution in [2.45, 2.75) is 18.9 Å². The number of rotatable bonds is 6. The largest absolute Gasteiger partial charge is 0.394 e. The van der Waals surface area contributed by atoms with Crippen molar-refractivity contribution >= 4 is 17.1 Å². The molecule has 0 saturated heterocycles. The zero-order valence-corrected chi connectivity index (χ0v) is 10.4. The van der Waals surface area contributed by atoms with Crippen LogP contribution >= 0.6 is 0 Å². The van der Waals surface area contributed by atoms with Gasteiger partial charge in [-0.2, -0.15) is 4.98 Å². The number of anilines is 1. The van der Waals surface area contributed by atoms with Crippen molar-refractivity contribution in [3.05, 3.63) is 16.7 Å². The van der Waals surface area contributed by atoms with Crippen LogP contribution in [-0.4, -0.2) is 60.3 Å². The first-order chi connectivity index (χ1) is 9.56. The van der Waals surface area contributed by atoms with Gasteiger partial charge in [0, 0.05) is 0 Å². The number of nitrogens with one attached hydrogen (secondary N) is 1. The molecule has 110 valence electrons. The number of aliphatic hydroxyl groups excluding tert-OH is 3. The molecule has 0 aliphatic rings. The van der Waals surface area contributed by atoms with Crippen LogP contribution in [0.2, 0.25) is 0 Å². The van der Waals surface area contributed by atoms with Crippen molar-refractivity contribution in [2.24, 2.45) is 0 Å². The number of hydrogen-bond acceptors (Lipinski definition) is 8. The number of aromatic nitrogens is 4. The van der Waals surface area contributed by atoms with Gasteiger partial charge in [-0.05, 0) is 0 Å². The van der Waals surface area contributed by atoms with E-state index in [0.29, 0.717) is 0 Å². The van der Waals surface area contributed by atoms with Gasteiger partial charge in [0.15, 0.2) is 11.2 Å². The van der Waals surface area contributed by atoms with E-state index >= 15 is 0 Å². The molecule has 0 aliphatic heterocycles. The molecule has 10 heteroatoms. The zero-order chi connectivity index (χ0) is 14.7. The molecule has 0 amide bonds. The number of aliphatic hydroxyl groups is 3. The summed E-state index contributed by atoms with van der Waals surface area (Å²) in [6, 6.07) is 0. The molecule has 2 unspecified atom stereocenters. The maximum Gasteiger partial charge on any atom is 0.280 e. The van der Waals surface area contributed by atoms with E-state index in [0.717, 1.165) is 0 Å². The minimum Gasteiger partial charge on any atom is -0.394 e. The number of imidazole rings is 1. The van der Waals surface area contributed by atoms with Gasteiger partial charge in [-0.25, -0.2) is 4.98 Å². The third-order valence-electron chi connectivity index (χ3n) is 2.72. The first-order valence-corrected chi connectivity index (χ1v) is 5.78. The number of fused-ring (bicyclic) bond motifs is 1. The van der Waals surface area contributed by atoms with E-state index in [4.69, 9.17) is 20.7 Å². The molecule has 6 N–H and O–H groups in total. The lowest BCUT2D eigenvalue weighted by molar-refractivity contribution is -0.0997. The third kappa shape index (κ3) is 2.77. The lowest BCUT2D eigenvalue weighted by Crippen LogP contribution is -2.35. The van der Waals surface area contributed by atoms with E-state index in [1.807, 2.05) is 0 Å². The Labute approximate surface area is 112 Å². The van der Waals surface area contributed by atoms with Crippen LogP contribution < -0.4 is 11.3 Å². The molecular formula is C10H15N5O5. The monoisotopic (exact) mass is 285 g/mol. The number of hydrogen-bond donors (Lipinski definition) is 5. The van der Waals surface area contributed by atoms with Crippen LogP contribution in [0.3, 0.4) is 0 Å². The van der Waals surface area contributed by atoms with Crippen molar-refractivity contribution in [3.8, 4) is 0 Å². The van der Waals surface area contributed by atoms with E-state index in [1.165, 1.54) is 10.9 Å². The first-order valence-electron chi connectivity index (χ1n) is 5.78. The van der Waals surface area contributed by atoms with Crippen LogP contribution in [-0.2, 0) is 11.5 Å². The normalized spacial score (nSPS) is 14.6. The standard InChI is InChI=1S/C10H15N5O5/c11-10-13-8-7(9(19)14-10)12-3-15(8)4-20-6(2-17)5(18)1-16/h3,5-6,16-18H,1-2,4H2,(H3,11,13,14,19). The summed E-state index contributed by atoms with van der Waals surface area (Å²) in [5, 5.41) is 27.2. The van der Waals surface area contributed by atoms with Gasteiger partial charge in [0.1, 0.15) is 18.9 Å². The number of nitrogens with two attached hydrogens (primary N) is 1. The van der Waals surface area contributed by atoms with Crippen LogP contribution in [0.25, 0.3) is 11.2 Å². The smallest absolute Gasteiger partial charge is 0.280 e. The van der Waals surface area contributed by atoms with Gasteiger partial charge < -0.3 is 25.8 Å². The van der Waals surface area contributed by atoms with Gasteiger partial charge in [0.05, 0.1) is 19.5 Å². The van der Waals surface area contributed by atoms with Gasteiger partial charge in [0.25, 0.3) is 5.56 Å². The molecule has 0 saturated carbocycles. The molecule has 0 aliphatic carbocycles. The molecule has 2 rings (SSSR count). The fourth-order valence-corrected chi connectivity index (χ4v) is 1.64. The Morgan fingerprint density at radius 3 is 2.85 bits per heavy atom. The summed E-state index contributed by atoms with van der Waals surface area (Å²) in [6.45, 7) is -1.13. The Kier molecular flexibility index (Phi) is 4.29. The molecule has 2 atom stereocenters. The third-order valence-corrected chi connectivity index (χ3v) is 2.72. The number of aromatic amines is 1. The summed E-state index contributed by atoms with van der Waals surface area (Å²) >= 11 is 0.